The number of amides is 1. The molecule has 0 radical (unpaired) electrons. The van der Waals surface area contributed by atoms with E-state index in [0.29, 0.717) is 39.2 Å². The van der Waals surface area contributed by atoms with Crippen LogP contribution in [0.5, 0.6) is 0 Å². The highest BCUT2D eigenvalue weighted by Gasteiger charge is 2.22. The predicted molar refractivity (Wildman–Crippen MR) is 136 cm³/mol. The standard InChI is InChI=1S/C24H20Cl2F2N8O/c1-13-22-18(23(27)28)6-20(15-7-29-34(2)9-15)32-24(22)36(33-13)12-21(37)31-17-8-30-35(11-17)10-14-3-4-16(25)5-19(14)26/h3-9,11,23H,10,12H2,1-2H3,(H,31,37). The number of hydrogen-bond acceptors (Lipinski definition) is 5. The average Bonchev–Trinajstić information content (AvgIpc) is 3.55. The number of carbonyl (C=O) groups excluding carboxylic acids is 1. The zero-order valence-electron chi connectivity index (χ0n) is 19.7. The summed E-state index contributed by atoms with van der Waals surface area (Å²) in [7, 11) is 1.72. The minimum Gasteiger partial charge on any atom is -0.322 e. The van der Waals surface area contributed by atoms with E-state index < -0.39 is 12.3 Å². The maximum absolute atomic E-state index is 14.0. The summed E-state index contributed by atoms with van der Waals surface area (Å²) in [6.45, 7) is 1.76. The van der Waals surface area contributed by atoms with Crippen LogP contribution in [-0.4, -0.2) is 40.2 Å². The monoisotopic (exact) mass is 544 g/mol. The molecule has 37 heavy (non-hydrogen) atoms. The Morgan fingerprint density at radius 2 is 1.95 bits per heavy atom. The molecular formula is C24H20Cl2F2N8O. The first-order chi connectivity index (χ1) is 17.7. The number of hydrogen-bond donors (Lipinski definition) is 1. The molecule has 0 unspecified atom stereocenters. The first kappa shape index (κ1) is 24.8. The number of benzene rings is 1. The molecule has 0 aliphatic heterocycles. The number of carbonyl (C=O) groups is 1. The van der Waals surface area contributed by atoms with Crippen molar-refractivity contribution < 1.29 is 13.6 Å². The summed E-state index contributed by atoms with van der Waals surface area (Å²) in [5, 5.41) is 16.7. The van der Waals surface area contributed by atoms with Gasteiger partial charge in [-0.1, -0.05) is 29.3 Å². The van der Waals surface area contributed by atoms with Gasteiger partial charge in [-0.15, -0.1) is 0 Å². The number of aromatic nitrogens is 7. The molecule has 5 aromatic rings. The first-order valence-corrected chi connectivity index (χ1v) is 11.8. The van der Waals surface area contributed by atoms with Crippen LogP contribution in [0.15, 0.2) is 49.1 Å². The normalized spacial score (nSPS) is 11.5. The summed E-state index contributed by atoms with van der Waals surface area (Å²) in [5.74, 6) is -0.416. The molecule has 0 fully saturated rings. The number of pyridine rings is 1. The van der Waals surface area contributed by atoms with Crippen molar-refractivity contribution >= 4 is 45.8 Å². The van der Waals surface area contributed by atoms with Gasteiger partial charge in [-0.3, -0.25) is 14.2 Å². The summed E-state index contributed by atoms with van der Waals surface area (Å²) in [6, 6.07) is 6.52. The van der Waals surface area contributed by atoms with Crippen molar-refractivity contribution in [1.82, 2.24) is 34.3 Å². The van der Waals surface area contributed by atoms with Crippen LogP contribution in [0.4, 0.5) is 14.5 Å². The molecule has 4 aromatic heterocycles. The van der Waals surface area contributed by atoms with Crippen LogP contribution in [0.1, 0.15) is 23.2 Å². The summed E-state index contributed by atoms with van der Waals surface area (Å²) >= 11 is 12.2. The lowest BCUT2D eigenvalue weighted by Gasteiger charge is -2.08. The zero-order chi connectivity index (χ0) is 26.3. The average molecular weight is 545 g/mol. The summed E-state index contributed by atoms with van der Waals surface area (Å²) < 4.78 is 32.4. The van der Waals surface area contributed by atoms with E-state index in [9.17, 15) is 13.6 Å². The summed E-state index contributed by atoms with van der Waals surface area (Å²) in [4.78, 5) is 17.4. The molecule has 0 atom stereocenters. The van der Waals surface area contributed by atoms with Crippen molar-refractivity contribution in [3.05, 3.63) is 75.9 Å². The molecule has 1 aromatic carbocycles. The number of alkyl halides is 2. The number of anilines is 1. The maximum atomic E-state index is 14.0. The number of halogens is 4. The fourth-order valence-corrected chi connectivity index (χ4v) is 4.51. The molecular weight excluding hydrogens is 525 g/mol. The van der Waals surface area contributed by atoms with E-state index in [1.807, 2.05) is 0 Å². The van der Waals surface area contributed by atoms with Crippen molar-refractivity contribution in [2.45, 2.75) is 26.4 Å². The Hall–Kier alpha value is -3.83. The van der Waals surface area contributed by atoms with Crippen LogP contribution in [0.2, 0.25) is 10.0 Å². The second kappa shape index (κ2) is 9.91. The molecule has 0 spiro atoms. The minimum atomic E-state index is -2.74. The Labute approximate surface area is 219 Å². The van der Waals surface area contributed by atoms with E-state index >= 15 is 0 Å². The first-order valence-electron chi connectivity index (χ1n) is 11.1. The Kier molecular flexibility index (Phi) is 6.65. The number of aryl methyl sites for hydroxylation is 2. The van der Waals surface area contributed by atoms with Crippen molar-refractivity contribution in [3.8, 4) is 11.3 Å². The highest BCUT2D eigenvalue weighted by atomic mass is 35.5. The number of fused-ring (bicyclic) bond motifs is 1. The van der Waals surface area contributed by atoms with Gasteiger partial charge in [-0.05, 0) is 30.7 Å². The molecule has 0 saturated carbocycles. The Bertz CT molecular complexity index is 1620. The van der Waals surface area contributed by atoms with Gasteiger partial charge < -0.3 is 5.32 Å². The van der Waals surface area contributed by atoms with Gasteiger partial charge in [0.05, 0.1) is 41.4 Å². The van der Waals surface area contributed by atoms with Gasteiger partial charge in [0.25, 0.3) is 6.43 Å². The third kappa shape index (κ3) is 5.18. The summed E-state index contributed by atoms with van der Waals surface area (Å²) in [6.07, 6.45) is 3.63. The van der Waals surface area contributed by atoms with E-state index in [0.717, 1.165) is 5.56 Å². The number of nitrogens with one attached hydrogen (secondary N) is 1. The largest absolute Gasteiger partial charge is 0.322 e. The molecule has 190 valence electrons. The van der Waals surface area contributed by atoms with Gasteiger partial charge in [-0.2, -0.15) is 15.3 Å². The lowest BCUT2D eigenvalue weighted by molar-refractivity contribution is -0.116. The fourth-order valence-electron chi connectivity index (χ4n) is 4.05. The third-order valence-corrected chi connectivity index (χ3v) is 6.29. The van der Waals surface area contributed by atoms with Gasteiger partial charge in [-0.25, -0.2) is 18.4 Å². The fraction of sp³-hybridized carbons (Fsp3) is 0.208. The van der Waals surface area contributed by atoms with Crippen LogP contribution < -0.4 is 5.32 Å². The Morgan fingerprint density at radius 3 is 2.65 bits per heavy atom. The van der Waals surface area contributed by atoms with Gasteiger partial charge >= 0.3 is 0 Å². The molecule has 13 heteroatoms. The molecule has 4 heterocycles. The summed E-state index contributed by atoms with van der Waals surface area (Å²) in [5.41, 5.74) is 2.52. The van der Waals surface area contributed by atoms with E-state index in [1.54, 1.807) is 60.1 Å². The topological polar surface area (TPSA) is 95.5 Å². The molecule has 5 rings (SSSR count). The molecule has 1 amide bonds. The highest BCUT2D eigenvalue weighted by Crippen LogP contribution is 2.33. The van der Waals surface area contributed by atoms with Crippen LogP contribution in [0.25, 0.3) is 22.3 Å². The molecule has 1 N–H and O–H groups in total. The lowest BCUT2D eigenvalue weighted by Crippen LogP contribution is -2.19. The van der Waals surface area contributed by atoms with Crippen molar-refractivity contribution in [2.75, 3.05) is 5.32 Å². The minimum absolute atomic E-state index is 0.192. The maximum Gasteiger partial charge on any atom is 0.264 e. The van der Waals surface area contributed by atoms with Crippen LogP contribution in [-0.2, 0) is 24.9 Å². The van der Waals surface area contributed by atoms with E-state index in [2.05, 4.69) is 25.6 Å². The number of rotatable bonds is 7. The van der Waals surface area contributed by atoms with Crippen molar-refractivity contribution in [3.63, 3.8) is 0 Å². The van der Waals surface area contributed by atoms with E-state index in [-0.39, 0.29) is 23.1 Å². The van der Waals surface area contributed by atoms with Crippen LogP contribution in [0.3, 0.4) is 0 Å². The third-order valence-electron chi connectivity index (χ3n) is 5.70. The molecule has 0 bridgehead atoms. The predicted octanol–water partition coefficient (Wildman–Crippen LogP) is 5.27. The van der Waals surface area contributed by atoms with Crippen LogP contribution >= 0.6 is 23.2 Å². The van der Waals surface area contributed by atoms with Gasteiger partial charge in [0.2, 0.25) is 5.91 Å². The quantitative estimate of drug-likeness (QED) is 0.301. The second-order valence-corrected chi connectivity index (χ2v) is 9.30. The smallest absolute Gasteiger partial charge is 0.264 e. The Morgan fingerprint density at radius 1 is 1.14 bits per heavy atom. The van der Waals surface area contributed by atoms with Gasteiger partial charge in [0.15, 0.2) is 5.65 Å². The molecule has 0 saturated heterocycles. The van der Waals surface area contributed by atoms with Crippen LogP contribution in [0, 0.1) is 6.92 Å². The van der Waals surface area contributed by atoms with E-state index in [1.165, 1.54) is 16.9 Å². The molecule has 0 aliphatic carbocycles. The zero-order valence-corrected chi connectivity index (χ0v) is 21.2. The van der Waals surface area contributed by atoms with Crippen molar-refractivity contribution in [1.29, 1.82) is 0 Å². The lowest BCUT2D eigenvalue weighted by atomic mass is 10.1. The highest BCUT2D eigenvalue weighted by molar-refractivity contribution is 6.35. The Balaban J connectivity index is 1.38. The molecule has 9 nitrogen and oxygen atoms in total. The van der Waals surface area contributed by atoms with Crippen molar-refractivity contribution in [2.24, 2.45) is 7.05 Å². The molecule has 0 aliphatic rings. The second-order valence-electron chi connectivity index (χ2n) is 8.45. The number of nitrogens with zero attached hydrogens (tertiary/aromatic N) is 7. The van der Waals surface area contributed by atoms with Gasteiger partial charge in [0, 0.05) is 40.6 Å². The van der Waals surface area contributed by atoms with E-state index in [4.69, 9.17) is 23.2 Å². The SMILES string of the molecule is Cc1nn(CC(=O)Nc2cnn(Cc3ccc(Cl)cc3Cl)c2)c2nc(-c3cnn(C)c3)cc(C(F)F)c12. The van der Waals surface area contributed by atoms with Gasteiger partial charge in [0.1, 0.15) is 6.54 Å².